The van der Waals surface area contributed by atoms with Crippen molar-refractivity contribution in [1.82, 2.24) is 0 Å². The average Bonchev–Trinajstić information content (AvgIpc) is 2.52. The average molecular weight is 299 g/mol. The fourth-order valence-corrected chi connectivity index (χ4v) is 2.14. The zero-order valence-corrected chi connectivity index (χ0v) is 13.0. The van der Waals surface area contributed by atoms with Crippen LogP contribution in [-0.2, 0) is 14.3 Å². The van der Waals surface area contributed by atoms with Crippen LogP contribution in [0.2, 0.25) is 0 Å². The van der Waals surface area contributed by atoms with E-state index >= 15 is 0 Å². The summed E-state index contributed by atoms with van der Waals surface area (Å²) in [5.74, 6) is -0.650. The predicted octanol–water partition coefficient (Wildman–Crippen LogP) is 3.90. The molecule has 1 N–H and O–H groups in total. The van der Waals surface area contributed by atoms with Gasteiger partial charge in [0, 0.05) is 12.1 Å². The number of amides is 1. The molecule has 0 saturated carbocycles. The highest BCUT2D eigenvalue weighted by Gasteiger charge is 2.17. The molecule has 4 nitrogen and oxygen atoms in total. The summed E-state index contributed by atoms with van der Waals surface area (Å²) in [7, 11) is 0. The first-order valence-corrected chi connectivity index (χ1v) is 7.59. The molecule has 0 aliphatic carbocycles. The van der Waals surface area contributed by atoms with Crippen molar-refractivity contribution >= 4 is 28.3 Å². The van der Waals surface area contributed by atoms with E-state index in [-0.39, 0.29) is 11.9 Å². The van der Waals surface area contributed by atoms with Gasteiger partial charge in [-0.15, -0.1) is 0 Å². The summed E-state index contributed by atoms with van der Waals surface area (Å²) in [6.07, 6.45) is 1.25. The van der Waals surface area contributed by atoms with Crippen LogP contribution in [0, 0.1) is 0 Å². The third-order valence-corrected chi connectivity index (χ3v) is 3.43. The molecule has 0 radical (unpaired) electrons. The molecule has 2 aromatic carbocycles. The van der Waals surface area contributed by atoms with Crippen LogP contribution in [0.15, 0.2) is 42.5 Å². The summed E-state index contributed by atoms with van der Waals surface area (Å²) in [6.45, 7) is 3.59. The fraction of sp³-hybridized carbons (Fsp3) is 0.333. The van der Waals surface area contributed by atoms with Gasteiger partial charge in [-0.2, -0.15) is 0 Å². The van der Waals surface area contributed by atoms with Gasteiger partial charge in [-0.1, -0.05) is 43.7 Å². The van der Waals surface area contributed by atoms with E-state index in [4.69, 9.17) is 4.74 Å². The van der Waals surface area contributed by atoms with Crippen LogP contribution in [0.25, 0.3) is 10.8 Å². The van der Waals surface area contributed by atoms with E-state index in [1.165, 1.54) is 0 Å². The molecule has 22 heavy (non-hydrogen) atoms. The Morgan fingerprint density at radius 2 is 1.86 bits per heavy atom. The van der Waals surface area contributed by atoms with Crippen LogP contribution < -0.4 is 5.32 Å². The first-order valence-electron chi connectivity index (χ1n) is 7.59. The van der Waals surface area contributed by atoms with Crippen molar-refractivity contribution in [1.29, 1.82) is 0 Å². The number of benzene rings is 2. The summed E-state index contributed by atoms with van der Waals surface area (Å²) in [4.78, 5) is 23.6. The highest BCUT2D eigenvalue weighted by atomic mass is 16.5. The van der Waals surface area contributed by atoms with Gasteiger partial charge < -0.3 is 10.1 Å². The van der Waals surface area contributed by atoms with Crippen molar-refractivity contribution in [2.45, 2.75) is 39.2 Å². The Kier molecular flexibility index (Phi) is 5.53. The number of unbranched alkanes of at least 4 members (excludes halogenated alkanes) is 1. The highest BCUT2D eigenvalue weighted by molar-refractivity contribution is 5.97. The number of carbonyl (C=O) groups is 2. The fourth-order valence-electron chi connectivity index (χ4n) is 2.14. The molecule has 0 saturated heterocycles. The molecule has 1 amide bonds. The molecule has 0 spiro atoms. The molecule has 0 unspecified atom stereocenters. The molecule has 0 aliphatic rings. The maximum atomic E-state index is 12.1. The lowest BCUT2D eigenvalue weighted by atomic mass is 10.1. The Bertz CT molecular complexity index is 666. The second-order valence-electron chi connectivity index (χ2n) is 5.29. The van der Waals surface area contributed by atoms with E-state index in [0.717, 1.165) is 23.6 Å². The summed E-state index contributed by atoms with van der Waals surface area (Å²) >= 11 is 0. The molecule has 0 bridgehead atoms. The van der Waals surface area contributed by atoms with E-state index in [1.54, 1.807) is 6.92 Å². The molecule has 0 aliphatic heterocycles. The first kappa shape index (κ1) is 16.0. The SMILES string of the molecule is CCCCC(=O)O[C@H](C)C(=O)Nc1ccc2ccccc2c1. The normalized spacial score (nSPS) is 11.9. The van der Waals surface area contributed by atoms with E-state index in [9.17, 15) is 9.59 Å². The maximum absolute atomic E-state index is 12.1. The largest absolute Gasteiger partial charge is 0.453 e. The molecule has 116 valence electrons. The molecular weight excluding hydrogens is 278 g/mol. The molecule has 4 heteroatoms. The smallest absolute Gasteiger partial charge is 0.306 e. The number of carbonyl (C=O) groups excluding carboxylic acids is 2. The number of esters is 1. The molecule has 0 aromatic heterocycles. The number of fused-ring (bicyclic) bond motifs is 1. The molecular formula is C18H21NO3. The number of nitrogens with one attached hydrogen (secondary N) is 1. The zero-order valence-electron chi connectivity index (χ0n) is 13.0. The molecule has 0 fully saturated rings. The predicted molar refractivity (Wildman–Crippen MR) is 87.7 cm³/mol. The van der Waals surface area contributed by atoms with Crippen molar-refractivity contribution in [3.8, 4) is 0 Å². The van der Waals surface area contributed by atoms with Gasteiger partial charge in [0.15, 0.2) is 6.10 Å². The molecule has 1 atom stereocenters. The van der Waals surface area contributed by atoms with Gasteiger partial charge in [0.25, 0.3) is 5.91 Å². The summed E-state index contributed by atoms with van der Waals surface area (Å²) in [5.41, 5.74) is 0.695. The van der Waals surface area contributed by atoms with Crippen LogP contribution >= 0.6 is 0 Å². The standard InChI is InChI=1S/C18H21NO3/c1-3-4-9-17(20)22-13(2)18(21)19-16-11-10-14-7-5-6-8-15(14)12-16/h5-8,10-13H,3-4,9H2,1-2H3,(H,19,21)/t13-/m1/s1. The maximum Gasteiger partial charge on any atom is 0.306 e. The van der Waals surface area contributed by atoms with Gasteiger partial charge in [-0.05, 0) is 36.2 Å². The topological polar surface area (TPSA) is 55.4 Å². The minimum Gasteiger partial charge on any atom is -0.453 e. The van der Waals surface area contributed by atoms with Crippen LogP contribution in [0.4, 0.5) is 5.69 Å². The lowest BCUT2D eigenvalue weighted by Crippen LogP contribution is -2.29. The Morgan fingerprint density at radius 1 is 1.14 bits per heavy atom. The summed E-state index contributed by atoms with van der Waals surface area (Å²) in [5, 5.41) is 4.94. The number of hydrogen-bond acceptors (Lipinski definition) is 3. The Labute approximate surface area is 130 Å². The van der Waals surface area contributed by atoms with Gasteiger partial charge in [-0.25, -0.2) is 0 Å². The van der Waals surface area contributed by atoms with E-state index < -0.39 is 6.10 Å². The van der Waals surface area contributed by atoms with E-state index in [1.807, 2.05) is 49.4 Å². The third kappa shape index (κ3) is 4.32. The molecule has 2 aromatic rings. The third-order valence-electron chi connectivity index (χ3n) is 3.43. The van der Waals surface area contributed by atoms with Gasteiger partial charge in [-0.3, -0.25) is 9.59 Å². The van der Waals surface area contributed by atoms with Gasteiger partial charge in [0.05, 0.1) is 0 Å². The monoisotopic (exact) mass is 299 g/mol. The lowest BCUT2D eigenvalue weighted by molar-refractivity contribution is -0.153. The van der Waals surface area contributed by atoms with Gasteiger partial charge in [0.2, 0.25) is 0 Å². The van der Waals surface area contributed by atoms with Crippen LogP contribution in [0.5, 0.6) is 0 Å². The van der Waals surface area contributed by atoms with Crippen molar-refractivity contribution < 1.29 is 14.3 Å². The number of hydrogen-bond donors (Lipinski definition) is 1. The minimum atomic E-state index is -0.796. The van der Waals surface area contributed by atoms with Crippen molar-refractivity contribution in [3.05, 3.63) is 42.5 Å². The molecule has 0 heterocycles. The second-order valence-corrected chi connectivity index (χ2v) is 5.29. The quantitative estimate of drug-likeness (QED) is 0.823. The zero-order chi connectivity index (χ0) is 15.9. The lowest BCUT2D eigenvalue weighted by Gasteiger charge is -2.13. The van der Waals surface area contributed by atoms with Gasteiger partial charge >= 0.3 is 5.97 Å². The van der Waals surface area contributed by atoms with E-state index in [2.05, 4.69) is 5.32 Å². The second kappa shape index (κ2) is 7.59. The highest BCUT2D eigenvalue weighted by Crippen LogP contribution is 2.19. The number of rotatable bonds is 6. The summed E-state index contributed by atoms with van der Waals surface area (Å²) < 4.78 is 5.12. The van der Waals surface area contributed by atoms with Crippen LogP contribution in [0.3, 0.4) is 0 Å². The molecule has 2 rings (SSSR count). The Morgan fingerprint density at radius 3 is 2.59 bits per heavy atom. The van der Waals surface area contributed by atoms with Crippen molar-refractivity contribution in [2.24, 2.45) is 0 Å². The first-order chi connectivity index (χ1) is 10.6. The van der Waals surface area contributed by atoms with E-state index in [0.29, 0.717) is 12.1 Å². The number of anilines is 1. The van der Waals surface area contributed by atoms with Crippen LogP contribution in [-0.4, -0.2) is 18.0 Å². The number of ether oxygens (including phenoxy) is 1. The Balaban J connectivity index is 1.96. The van der Waals surface area contributed by atoms with Crippen molar-refractivity contribution in [3.63, 3.8) is 0 Å². The van der Waals surface area contributed by atoms with Crippen LogP contribution in [0.1, 0.15) is 33.1 Å². The minimum absolute atomic E-state index is 0.319. The van der Waals surface area contributed by atoms with Crippen molar-refractivity contribution in [2.75, 3.05) is 5.32 Å². The van der Waals surface area contributed by atoms with Gasteiger partial charge in [0.1, 0.15) is 0 Å². The Hall–Kier alpha value is -2.36. The summed E-state index contributed by atoms with van der Waals surface area (Å²) in [6, 6.07) is 13.6.